The Kier molecular flexibility index (Phi) is 11.6. The van der Waals surface area contributed by atoms with Crippen molar-refractivity contribution in [3.63, 3.8) is 0 Å². The van der Waals surface area contributed by atoms with Crippen LogP contribution in [0.2, 0.25) is 0 Å². The lowest BCUT2D eigenvalue weighted by Gasteiger charge is -2.42. The van der Waals surface area contributed by atoms with Gasteiger partial charge in [0.05, 0.1) is 36.1 Å². The Morgan fingerprint density at radius 2 is 1.30 bits per heavy atom. The monoisotopic (exact) mass is 390 g/mol. The maximum atomic E-state index is 11.2. The largest absolute Gasteiger partial charge is 0.391 e. The van der Waals surface area contributed by atoms with Crippen molar-refractivity contribution in [2.24, 2.45) is 17.8 Å². The molecule has 4 N–H and O–H groups in total. The molecule has 0 saturated carbocycles. The van der Waals surface area contributed by atoms with Crippen molar-refractivity contribution in [2.45, 2.75) is 117 Å². The summed E-state index contributed by atoms with van der Waals surface area (Å²) in [4.78, 5) is 0. The van der Waals surface area contributed by atoms with Gasteiger partial charge in [-0.05, 0) is 71.6 Å². The molecule has 6 unspecified atom stereocenters. The highest BCUT2D eigenvalue weighted by atomic mass is 16.5. The molecular weight excluding hydrogens is 344 g/mol. The molecule has 5 heteroatoms. The zero-order valence-corrected chi connectivity index (χ0v) is 18.9. The first-order valence-electron chi connectivity index (χ1n) is 10.6. The zero-order valence-electron chi connectivity index (χ0n) is 18.9. The van der Waals surface area contributed by atoms with Crippen LogP contribution in [0.25, 0.3) is 0 Å². The van der Waals surface area contributed by atoms with Crippen molar-refractivity contribution in [2.75, 3.05) is 6.61 Å². The summed E-state index contributed by atoms with van der Waals surface area (Å²) in [5.74, 6) is 0.400. The Morgan fingerprint density at radius 1 is 0.815 bits per heavy atom. The van der Waals surface area contributed by atoms with Crippen molar-refractivity contribution in [3.05, 3.63) is 0 Å². The minimum atomic E-state index is -1.12. The molecule has 0 heterocycles. The second-order valence-electron chi connectivity index (χ2n) is 9.91. The van der Waals surface area contributed by atoms with Crippen molar-refractivity contribution >= 4 is 0 Å². The SMILES string of the molecule is CC(C)CCC(C)(O)CC(C(O)C(C)OCC(C)O)C(C)(O)CCC(C)C. The standard InChI is InChI=1S/C22H46O5/c1-15(2)9-11-21(7,25)13-19(22(8,26)12-10-16(3)4)20(24)18(6)27-14-17(5)23/h15-20,23-26H,9-14H2,1-8H3. The van der Waals surface area contributed by atoms with E-state index in [1.54, 1.807) is 27.7 Å². The summed E-state index contributed by atoms with van der Waals surface area (Å²) >= 11 is 0. The van der Waals surface area contributed by atoms with Crippen LogP contribution in [0.5, 0.6) is 0 Å². The summed E-state index contributed by atoms with van der Waals surface area (Å²) in [6.07, 6.45) is 1.10. The average molecular weight is 391 g/mol. The quantitative estimate of drug-likeness (QED) is 0.364. The number of ether oxygens (including phenoxy) is 1. The van der Waals surface area contributed by atoms with Gasteiger partial charge in [-0.15, -0.1) is 0 Å². The maximum Gasteiger partial charge on any atom is 0.0855 e. The molecule has 164 valence electrons. The highest BCUT2D eigenvalue weighted by Gasteiger charge is 2.43. The van der Waals surface area contributed by atoms with Crippen LogP contribution >= 0.6 is 0 Å². The minimum Gasteiger partial charge on any atom is -0.391 e. The van der Waals surface area contributed by atoms with Crippen molar-refractivity contribution in [1.82, 2.24) is 0 Å². The third-order valence-corrected chi connectivity index (χ3v) is 5.44. The second kappa shape index (κ2) is 11.7. The minimum absolute atomic E-state index is 0.128. The van der Waals surface area contributed by atoms with Crippen molar-refractivity contribution in [3.8, 4) is 0 Å². The number of hydrogen-bond donors (Lipinski definition) is 4. The highest BCUT2D eigenvalue weighted by Crippen LogP contribution is 2.37. The van der Waals surface area contributed by atoms with E-state index in [1.807, 2.05) is 0 Å². The number of aliphatic hydroxyl groups excluding tert-OH is 2. The van der Waals surface area contributed by atoms with Crippen LogP contribution in [0.1, 0.15) is 87.5 Å². The predicted molar refractivity (Wildman–Crippen MR) is 111 cm³/mol. The van der Waals surface area contributed by atoms with E-state index in [9.17, 15) is 20.4 Å². The second-order valence-corrected chi connectivity index (χ2v) is 9.91. The molecule has 6 atom stereocenters. The first-order valence-corrected chi connectivity index (χ1v) is 10.6. The van der Waals surface area contributed by atoms with Gasteiger partial charge < -0.3 is 25.2 Å². The summed E-state index contributed by atoms with van der Waals surface area (Å²) in [7, 11) is 0. The van der Waals surface area contributed by atoms with Gasteiger partial charge in [0.15, 0.2) is 0 Å². The Labute approximate surface area is 167 Å². The van der Waals surface area contributed by atoms with Gasteiger partial charge in [0, 0.05) is 5.92 Å². The Hall–Kier alpha value is -0.200. The molecule has 0 spiro atoms. The van der Waals surface area contributed by atoms with E-state index < -0.39 is 35.4 Å². The summed E-state index contributed by atoms with van der Waals surface area (Å²) in [6.45, 7) is 15.5. The molecule has 0 aliphatic heterocycles. The van der Waals surface area contributed by atoms with Crippen LogP contribution in [0.3, 0.4) is 0 Å². The van der Waals surface area contributed by atoms with E-state index in [2.05, 4.69) is 27.7 Å². The first kappa shape index (κ1) is 26.8. The van der Waals surface area contributed by atoms with E-state index >= 15 is 0 Å². The van der Waals surface area contributed by atoms with E-state index in [0.29, 0.717) is 31.1 Å². The van der Waals surface area contributed by atoms with Gasteiger partial charge in [0.2, 0.25) is 0 Å². The predicted octanol–water partition coefficient (Wildman–Crippen LogP) is 3.51. The van der Waals surface area contributed by atoms with Gasteiger partial charge in [0.25, 0.3) is 0 Å². The van der Waals surface area contributed by atoms with Gasteiger partial charge in [-0.1, -0.05) is 27.7 Å². The fourth-order valence-electron chi connectivity index (χ4n) is 3.37. The van der Waals surface area contributed by atoms with Crippen LogP contribution in [0, 0.1) is 17.8 Å². The average Bonchev–Trinajstić information content (AvgIpc) is 2.53. The first-order chi connectivity index (χ1) is 12.2. The summed E-state index contributed by atoms with van der Waals surface area (Å²) in [5.41, 5.74) is -2.09. The lowest BCUT2D eigenvalue weighted by atomic mass is 9.72. The molecule has 27 heavy (non-hydrogen) atoms. The molecule has 5 nitrogen and oxygen atoms in total. The Morgan fingerprint density at radius 3 is 1.74 bits per heavy atom. The van der Waals surface area contributed by atoms with Crippen molar-refractivity contribution < 1.29 is 25.2 Å². The molecule has 0 aliphatic carbocycles. The molecule has 0 amide bonds. The third kappa shape index (κ3) is 11.4. The van der Waals surface area contributed by atoms with Gasteiger partial charge in [-0.2, -0.15) is 0 Å². The fraction of sp³-hybridized carbons (Fsp3) is 1.00. The van der Waals surface area contributed by atoms with Crippen LogP contribution in [0.15, 0.2) is 0 Å². The zero-order chi connectivity index (χ0) is 21.4. The molecule has 0 saturated heterocycles. The summed E-state index contributed by atoms with van der Waals surface area (Å²) in [5, 5.41) is 42.5. The van der Waals surface area contributed by atoms with Crippen molar-refractivity contribution in [1.29, 1.82) is 0 Å². The smallest absolute Gasteiger partial charge is 0.0855 e. The van der Waals surface area contributed by atoms with E-state index in [-0.39, 0.29) is 6.61 Å². The summed E-state index contributed by atoms with van der Waals surface area (Å²) < 4.78 is 5.59. The van der Waals surface area contributed by atoms with E-state index in [0.717, 1.165) is 12.8 Å². The van der Waals surface area contributed by atoms with Crippen LogP contribution in [0.4, 0.5) is 0 Å². The molecule has 0 aromatic rings. The topological polar surface area (TPSA) is 90.2 Å². The number of aliphatic hydroxyl groups is 4. The Balaban J connectivity index is 5.34. The highest BCUT2D eigenvalue weighted by molar-refractivity contribution is 4.94. The molecule has 0 fully saturated rings. The summed E-state index contributed by atoms with van der Waals surface area (Å²) in [6, 6.07) is 0. The number of rotatable bonds is 14. The van der Waals surface area contributed by atoms with E-state index in [1.165, 1.54) is 0 Å². The van der Waals surface area contributed by atoms with Crippen LogP contribution < -0.4 is 0 Å². The molecule has 0 radical (unpaired) electrons. The normalized spacial score (nSPS) is 21.6. The molecule has 0 bridgehead atoms. The lowest BCUT2D eigenvalue weighted by molar-refractivity contribution is -0.144. The molecule has 0 aromatic carbocycles. The van der Waals surface area contributed by atoms with Crippen LogP contribution in [-0.4, -0.2) is 56.5 Å². The molecule has 0 aromatic heterocycles. The van der Waals surface area contributed by atoms with E-state index in [4.69, 9.17) is 4.74 Å². The maximum absolute atomic E-state index is 11.2. The van der Waals surface area contributed by atoms with Crippen LogP contribution in [-0.2, 0) is 4.74 Å². The fourth-order valence-corrected chi connectivity index (χ4v) is 3.37. The third-order valence-electron chi connectivity index (χ3n) is 5.44. The van der Waals surface area contributed by atoms with Gasteiger partial charge >= 0.3 is 0 Å². The molecular formula is C22H46O5. The van der Waals surface area contributed by atoms with Gasteiger partial charge in [0.1, 0.15) is 0 Å². The van der Waals surface area contributed by atoms with Gasteiger partial charge in [-0.25, -0.2) is 0 Å². The number of hydrogen-bond acceptors (Lipinski definition) is 5. The Bertz CT molecular complexity index is 390. The van der Waals surface area contributed by atoms with Gasteiger partial charge in [-0.3, -0.25) is 0 Å². The molecule has 0 aliphatic rings. The molecule has 0 rings (SSSR count). The lowest BCUT2D eigenvalue weighted by Crippen LogP contribution is -2.50.